The number of benzene rings is 1. The molecule has 0 aliphatic carbocycles. The Morgan fingerprint density at radius 3 is 2.88 bits per heavy atom. The van der Waals surface area contributed by atoms with Gasteiger partial charge in [-0.1, -0.05) is 17.7 Å². The number of hydrogen-bond donors (Lipinski definition) is 1. The third kappa shape index (κ3) is 4.21. The lowest BCUT2D eigenvalue weighted by Crippen LogP contribution is -2.18. The van der Waals surface area contributed by atoms with Gasteiger partial charge in [-0.05, 0) is 30.2 Å². The first-order valence-electron chi connectivity index (χ1n) is 5.16. The fourth-order valence-electron chi connectivity index (χ4n) is 1.37. The first-order valence-corrected chi connectivity index (χ1v) is 5.54. The SMILES string of the molecule is COC(=O)CCNCc1ccc(Cl)cc1C. The second-order valence-corrected chi connectivity index (χ2v) is 4.01. The monoisotopic (exact) mass is 241 g/mol. The fraction of sp³-hybridized carbons (Fsp3) is 0.417. The van der Waals surface area contributed by atoms with Crippen LogP contribution in [0.15, 0.2) is 18.2 Å². The van der Waals surface area contributed by atoms with E-state index in [0.717, 1.165) is 17.1 Å². The Morgan fingerprint density at radius 2 is 2.25 bits per heavy atom. The van der Waals surface area contributed by atoms with Gasteiger partial charge in [0.25, 0.3) is 0 Å². The summed E-state index contributed by atoms with van der Waals surface area (Å²) >= 11 is 5.86. The summed E-state index contributed by atoms with van der Waals surface area (Å²) in [5.74, 6) is -0.194. The van der Waals surface area contributed by atoms with Gasteiger partial charge in [-0.15, -0.1) is 0 Å². The number of aryl methyl sites for hydroxylation is 1. The lowest BCUT2D eigenvalue weighted by molar-refractivity contribution is -0.140. The number of halogens is 1. The average molecular weight is 242 g/mol. The molecule has 0 unspecified atom stereocenters. The highest BCUT2D eigenvalue weighted by atomic mass is 35.5. The van der Waals surface area contributed by atoms with Crippen molar-refractivity contribution in [2.24, 2.45) is 0 Å². The predicted molar refractivity (Wildman–Crippen MR) is 64.5 cm³/mol. The number of ether oxygens (including phenoxy) is 1. The molecule has 0 heterocycles. The molecule has 0 aliphatic rings. The number of esters is 1. The number of hydrogen-bond acceptors (Lipinski definition) is 3. The standard InChI is InChI=1S/C12H16ClNO2/c1-9-7-11(13)4-3-10(9)8-14-6-5-12(15)16-2/h3-4,7,14H,5-6,8H2,1-2H3. The van der Waals surface area contributed by atoms with Crippen LogP contribution in [0.2, 0.25) is 5.02 Å². The first kappa shape index (κ1) is 13.0. The van der Waals surface area contributed by atoms with Crippen LogP contribution in [-0.4, -0.2) is 19.6 Å². The zero-order chi connectivity index (χ0) is 12.0. The van der Waals surface area contributed by atoms with E-state index in [0.29, 0.717) is 13.0 Å². The van der Waals surface area contributed by atoms with Crippen molar-refractivity contribution in [1.29, 1.82) is 0 Å². The molecule has 0 amide bonds. The maximum atomic E-state index is 10.9. The molecule has 1 N–H and O–H groups in total. The minimum absolute atomic E-state index is 0.194. The van der Waals surface area contributed by atoms with E-state index in [9.17, 15) is 4.79 Å². The Balaban J connectivity index is 2.35. The molecule has 1 rings (SSSR count). The summed E-state index contributed by atoms with van der Waals surface area (Å²) < 4.78 is 4.55. The highest BCUT2D eigenvalue weighted by Gasteiger charge is 2.01. The largest absolute Gasteiger partial charge is 0.469 e. The van der Waals surface area contributed by atoms with E-state index in [-0.39, 0.29) is 5.97 Å². The van der Waals surface area contributed by atoms with Crippen molar-refractivity contribution < 1.29 is 9.53 Å². The summed E-state index contributed by atoms with van der Waals surface area (Å²) in [6.07, 6.45) is 0.392. The van der Waals surface area contributed by atoms with Crippen LogP contribution < -0.4 is 5.32 Å². The molecule has 16 heavy (non-hydrogen) atoms. The zero-order valence-electron chi connectivity index (χ0n) is 9.55. The maximum Gasteiger partial charge on any atom is 0.306 e. The van der Waals surface area contributed by atoms with Gasteiger partial charge in [0.2, 0.25) is 0 Å². The lowest BCUT2D eigenvalue weighted by atomic mass is 10.1. The molecule has 3 nitrogen and oxygen atoms in total. The number of nitrogens with one attached hydrogen (secondary N) is 1. The van der Waals surface area contributed by atoms with Gasteiger partial charge in [0.1, 0.15) is 0 Å². The van der Waals surface area contributed by atoms with Crippen molar-refractivity contribution in [1.82, 2.24) is 5.32 Å². The van der Waals surface area contributed by atoms with Crippen LogP contribution in [0.5, 0.6) is 0 Å². The molecule has 0 aromatic heterocycles. The third-order valence-corrected chi connectivity index (χ3v) is 2.59. The highest BCUT2D eigenvalue weighted by molar-refractivity contribution is 6.30. The molecular weight excluding hydrogens is 226 g/mol. The molecule has 0 saturated carbocycles. The summed E-state index contributed by atoms with van der Waals surface area (Å²) in [6, 6.07) is 5.79. The Morgan fingerprint density at radius 1 is 1.50 bits per heavy atom. The summed E-state index contributed by atoms with van der Waals surface area (Å²) in [4.78, 5) is 10.9. The predicted octanol–water partition coefficient (Wildman–Crippen LogP) is 2.30. The van der Waals surface area contributed by atoms with Gasteiger partial charge in [0, 0.05) is 18.1 Å². The fourth-order valence-corrected chi connectivity index (χ4v) is 1.60. The summed E-state index contributed by atoms with van der Waals surface area (Å²) in [7, 11) is 1.39. The molecule has 1 aromatic carbocycles. The summed E-state index contributed by atoms with van der Waals surface area (Å²) in [5.41, 5.74) is 2.34. The van der Waals surface area contributed by atoms with E-state index >= 15 is 0 Å². The van der Waals surface area contributed by atoms with Crippen LogP contribution in [0.4, 0.5) is 0 Å². The quantitative estimate of drug-likeness (QED) is 0.635. The molecule has 1 aromatic rings. The lowest BCUT2D eigenvalue weighted by Gasteiger charge is -2.07. The molecule has 88 valence electrons. The Labute approximate surface area is 101 Å². The molecule has 0 spiro atoms. The molecule has 0 fully saturated rings. The number of carbonyl (C=O) groups is 1. The van der Waals surface area contributed by atoms with Crippen molar-refractivity contribution in [3.63, 3.8) is 0 Å². The van der Waals surface area contributed by atoms with Gasteiger partial charge in [-0.25, -0.2) is 0 Å². The second-order valence-electron chi connectivity index (χ2n) is 3.57. The molecule has 0 saturated heterocycles. The number of methoxy groups -OCH3 is 1. The molecule has 0 radical (unpaired) electrons. The van der Waals surface area contributed by atoms with Crippen molar-refractivity contribution in [3.05, 3.63) is 34.3 Å². The summed E-state index contributed by atoms with van der Waals surface area (Å²) in [6.45, 7) is 3.37. The van der Waals surface area contributed by atoms with Crippen molar-refractivity contribution in [2.45, 2.75) is 19.9 Å². The minimum Gasteiger partial charge on any atom is -0.469 e. The molecule has 0 atom stereocenters. The van der Waals surface area contributed by atoms with Crippen LogP contribution >= 0.6 is 11.6 Å². The average Bonchev–Trinajstić information content (AvgIpc) is 2.26. The van der Waals surface area contributed by atoms with Crippen molar-refractivity contribution in [3.8, 4) is 0 Å². The van der Waals surface area contributed by atoms with Crippen molar-refractivity contribution in [2.75, 3.05) is 13.7 Å². The number of carbonyl (C=O) groups excluding carboxylic acids is 1. The second kappa shape index (κ2) is 6.51. The van der Waals surface area contributed by atoms with Crippen LogP contribution in [0, 0.1) is 6.92 Å². The van der Waals surface area contributed by atoms with Crippen LogP contribution in [0.1, 0.15) is 17.5 Å². The molecule has 4 heteroatoms. The minimum atomic E-state index is -0.194. The normalized spacial score (nSPS) is 10.2. The Kier molecular flexibility index (Phi) is 5.29. The maximum absolute atomic E-state index is 10.9. The molecule has 0 aliphatic heterocycles. The topological polar surface area (TPSA) is 38.3 Å². The van der Waals surface area contributed by atoms with Crippen LogP contribution in [0.25, 0.3) is 0 Å². The van der Waals surface area contributed by atoms with E-state index in [4.69, 9.17) is 11.6 Å². The van der Waals surface area contributed by atoms with Gasteiger partial charge >= 0.3 is 5.97 Å². The third-order valence-electron chi connectivity index (χ3n) is 2.35. The van der Waals surface area contributed by atoms with Gasteiger partial charge in [0.15, 0.2) is 0 Å². The smallest absolute Gasteiger partial charge is 0.306 e. The Hall–Kier alpha value is -1.06. The summed E-state index contributed by atoms with van der Waals surface area (Å²) in [5, 5.41) is 3.93. The molecular formula is C12H16ClNO2. The van der Waals surface area contributed by atoms with E-state index in [1.165, 1.54) is 12.7 Å². The van der Waals surface area contributed by atoms with E-state index in [2.05, 4.69) is 10.1 Å². The van der Waals surface area contributed by atoms with Crippen molar-refractivity contribution >= 4 is 17.6 Å². The van der Waals surface area contributed by atoms with Gasteiger partial charge in [-0.3, -0.25) is 4.79 Å². The first-order chi connectivity index (χ1) is 7.63. The van der Waals surface area contributed by atoms with E-state index < -0.39 is 0 Å². The van der Waals surface area contributed by atoms with Gasteiger partial charge < -0.3 is 10.1 Å². The molecule has 0 bridgehead atoms. The Bertz CT molecular complexity index is 366. The number of rotatable bonds is 5. The van der Waals surface area contributed by atoms with Gasteiger partial charge in [-0.2, -0.15) is 0 Å². The van der Waals surface area contributed by atoms with Gasteiger partial charge in [0.05, 0.1) is 13.5 Å². The van der Waals surface area contributed by atoms with E-state index in [1.807, 2.05) is 25.1 Å². The zero-order valence-corrected chi connectivity index (χ0v) is 10.3. The van der Waals surface area contributed by atoms with Crippen LogP contribution in [0.3, 0.4) is 0 Å². The van der Waals surface area contributed by atoms with E-state index in [1.54, 1.807) is 0 Å². The highest BCUT2D eigenvalue weighted by Crippen LogP contribution is 2.14. The van der Waals surface area contributed by atoms with Crippen LogP contribution in [-0.2, 0) is 16.1 Å².